The van der Waals surface area contributed by atoms with Gasteiger partial charge in [0.15, 0.2) is 17.2 Å². The number of imidazole rings is 2. The number of halogens is 3. The molecular formula is C28H21ClF2N6O2. The Morgan fingerprint density at radius 2 is 1.87 bits per heavy atom. The molecule has 0 saturated carbocycles. The molecule has 3 aromatic carbocycles. The molecule has 3 heterocycles. The van der Waals surface area contributed by atoms with Gasteiger partial charge in [-0.05, 0) is 44.2 Å². The van der Waals surface area contributed by atoms with Gasteiger partial charge in [0.25, 0.3) is 0 Å². The van der Waals surface area contributed by atoms with Crippen LogP contribution >= 0.6 is 11.6 Å². The minimum Gasteiger partial charge on any atom is -0.490 e. The predicted molar refractivity (Wildman–Crippen MR) is 145 cm³/mol. The summed E-state index contributed by atoms with van der Waals surface area (Å²) in [5.41, 5.74) is 2.76. The van der Waals surface area contributed by atoms with E-state index in [2.05, 4.69) is 9.97 Å². The first kappa shape index (κ1) is 24.7. The first-order valence-electron chi connectivity index (χ1n) is 12.2. The number of aromatic amines is 1. The number of fused-ring (bicyclic) bond motifs is 2. The fraction of sp³-hybridized carbons (Fsp3) is 0.143. The maximum absolute atomic E-state index is 14.7. The lowest BCUT2D eigenvalue weighted by Crippen LogP contribution is -2.22. The van der Waals surface area contributed by atoms with Crippen molar-refractivity contribution in [2.45, 2.75) is 19.9 Å². The lowest BCUT2D eigenvalue weighted by Gasteiger charge is -2.18. The van der Waals surface area contributed by atoms with Crippen LogP contribution in [-0.4, -0.2) is 35.7 Å². The summed E-state index contributed by atoms with van der Waals surface area (Å²) in [6.45, 7) is 3.77. The van der Waals surface area contributed by atoms with E-state index in [-0.39, 0.29) is 24.0 Å². The molecule has 1 atom stereocenters. The molecule has 0 radical (unpaired) electrons. The molecule has 39 heavy (non-hydrogen) atoms. The molecule has 0 amide bonds. The van der Waals surface area contributed by atoms with E-state index < -0.39 is 23.4 Å². The molecule has 0 aliphatic rings. The van der Waals surface area contributed by atoms with Crippen LogP contribution in [0.1, 0.15) is 25.5 Å². The van der Waals surface area contributed by atoms with Crippen LogP contribution in [0.15, 0.2) is 71.8 Å². The number of hydrogen-bond acceptors (Lipinski definition) is 5. The molecule has 1 N–H and O–H groups in total. The Kier molecular flexibility index (Phi) is 6.11. The van der Waals surface area contributed by atoms with E-state index in [0.717, 1.165) is 0 Å². The Balaban J connectivity index is 1.64. The number of aromatic nitrogens is 6. The Morgan fingerprint density at radius 1 is 1.08 bits per heavy atom. The Labute approximate surface area is 225 Å². The van der Waals surface area contributed by atoms with Gasteiger partial charge in [-0.15, -0.1) is 0 Å². The number of ether oxygens (including phenoxy) is 1. The van der Waals surface area contributed by atoms with Crippen molar-refractivity contribution in [2.24, 2.45) is 0 Å². The average Bonchev–Trinajstić information content (AvgIpc) is 3.49. The zero-order valence-electron chi connectivity index (χ0n) is 20.8. The maximum atomic E-state index is 14.7. The maximum Gasteiger partial charge on any atom is 0.328 e. The number of benzene rings is 3. The van der Waals surface area contributed by atoms with Crippen LogP contribution in [0.5, 0.6) is 5.75 Å². The molecular weight excluding hydrogens is 526 g/mol. The zero-order chi connectivity index (χ0) is 27.3. The number of nitrogens with zero attached hydrogens (tertiary/aromatic N) is 5. The van der Waals surface area contributed by atoms with Crippen LogP contribution in [0.4, 0.5) is 8.78 Å². The molecule has 0 saturated heterocycles. The molecule has 0 fully saturated rings. The van der Waals surface area contributed by atoms with Gasteiger partial charge >= 0.3 is 5.69 Å². The normalized spacial score (nSPS) is 12.3. The standard InChI is InChI=1S/C28H21ClF2N6O2/c1-3-39-25-19(5-4-6-20(25)31)15(2)37-26-24(34-28(37)38)23(16-7-9-17(29)10-8-16)33-27(35-26)36-14-32-21-12-11-18(30)13-22(21)36/h4-15H,3H2,1-2H3,(H,34,38)/t15-/m1/s1. The van der Waals surface area contributed by atoms with Crippen LogP contribution in [-0.2, 0) is 0 Å². The van der Waals surface area contributed by atoms with Crippen molar-refractivity contribution in [3.05, 3.63) is 99.7 Å². The monoisotopic (exact) mass is 546 g/mol. The summed E-state index contributed by atoms with van der Waals surface area (Å²) in [5.74, 6) is -0.732. The van der Waals surface area contributed by atoms with E-state index in [4.69, 9.17) is 26.3 Å². The fourth-order valence-corrected chi connectivity index (χ4v) is 4.83. The second-order valence-corrected chi connectivity index (χ2v) is 9.33. The molecule has 0 aliphatic carbocycles. The Bertz CT molecular complexity index is 1910. The minimum absolute atomic E-state index is 0.0667. The topological polar surface area (TPSA) is 90.6 Å². The number of nitrogens with one attached hydrogen (secondary N) is 1. The van der Waals surface area contributed by atoms with Crippen LogP contribution in [0.2, 0.25) is 5.02 Å². The highest BCUT2D eigenvalue weighted by Gasteiger charge is 2.25. The summed E-state index contributed by atoms with van der Waals surface area (Å²) in [6.07, 6.45) is 1.50. The summed E-state index contributed by atoms with van der Waals surface area (Å²) in [5, 5.41) is 0.537. The van der Waals surface area contributed by atoms with E-state index in [1.807, 2.05) is 0 Å². The van der Waals surface area contributed by atoms with Crippen molar-refractivity contribution in [1.82, 2.24) is 29.1 Å². The molecule has 0 bridgehead atoms. The van der Waals surface area contributed by atoms with Gasteiger partial charge in [-0.3, -0.25) is 9.13 Å². The Morgan fingerprint density at radius 3 is 2.64 bits per heavy atom. The van der Waals surface area contributed by atoms with Gasteiger partial charge in [-0.2, -0.15) is 4.98 Å². The minimum atomic E-state index is -0.665. The summed E-state index contributed by atoms with van der Waals surface area (Å²) in [4.78, 5) is 30.1. The molecule has 6 aromatic rings. The Hall–Kier alpha value is -4.57. The van der Waals surface area contributed by atoms with Gasteiger partial charge < -0.3 is 9.72 Å². The third kappa shape index (κ3) is 4.22. The van der Waals surface area contributed by atoms with Gasteiger partial charge in [-0.25, -0.2) is 23.5 Å². The summed E-state index contributed by atoms with van der Waals surface area (Å²) in [7, 11) is 0. The number of H-pyrrole nitrogens is 1. The van der Waals surface area contributed by atoms with Gasteiger partial charge in [-0.1, -0.05) is 35.9 Å². The molecule has 8 nitrogen and oxygen atoms in total. The second kappa shape index (κ2) is 9.63. The van der Waals surface area contributed by atoms with Crippen molar-refractivity contribution >= 4 is 33.8 Å². The lowest BCUT2D eigenvalue weighted by atomic mass is 10.1. The van der Waals surface area contributed by atoms with Crippen molar-refractivity contribution in [1.29, 1.82) is 0 Å². The number of rotatable bonds is 6. The summed E-state index contributed by atoms with van der Waals surface area (Å²) >= 11 is 6.12. The molecule has 0 unspecified atom stereocenters. The van der Waals surface area contributed by atoms with Crippen LogP contribution < -0.4 is 10.4 Å². The first-order valence-corrected chi connectivity index (χ1v) is 12.6. The van der Waals surface area contributed by atoms with Crippen LogP contribution in [0.25, 0.3) is 39.4 Å². The smallest absolute Gasteiger partial charge is 0.328 e. The van der Waals surface area contributed by atoms with Gasteiger partial charge in [0.05, 0.1) is 23.7 Å². The molecule has 3 aromatic heterocycles. The highest BCUT2D eigenvalue weighted by Crippen LogP contribution is 2.33. The largest absolute Gasteiger partial charge is 0.490 e. The van der Waals surface area contributed by atoms with Crippen molar-refractivity contribution in [3.63, 3.8) is 0 Å². The molecule has 0 spiro atoms. The lowest BCUT2D eigenvalue weighted by molar-refractivity contribution is 0.314. The SMILES string of the molecule is CCOc1c(F)cccc1[C@@H](C)n1c(=O)[nH]c2c(-c3ccc(Cl)cc3)nc(-n3cnc4ccc(F)cc43)nc21. The van der Waals surface area contributed by atoms with E-state index in [1.54, 1.807) is 60.9 Å². The fourth-order valence-electron chi connectivity index (χ4n) is 4.70. The quantitative estimate of drug-likeness (QED) is 0.274. The van der Waals surface area contributed by atoms with Gasteiger partial charge in [0, 0.05) is 22.2 Å². The van der Waals surface area contributed by atoms with E-state index >= 15 is 0 Å². The van der Waals surface area contributed by atoms with Crippen LogP contribution in [0.3, 0.4) is 0 Å². The van der Waals surface area contributed by atoms with E-state index in [9.17, 15) is 13.6 Å². The van der Waals surface area contributed by atoms with Crippen molar-refractivity contribution in [3.8, 4) is 23.0 Å². The average molecular weight is 547 g/mol. The van der Waals surface area contributed by atoms with E-state index in [1.165, 1.54) is 29.1 Å². The predicted octanol–water partition coefficient (Wildman–Crippen LogP) is 6.07. The number of hydrogen-bond donors (Lipinski definition) is 1. The van der Waals surface area contributed by atoms with Crippen molar-refractivity contribution in [2.75, 3.05) is 6.61 Å². The second-order valence-electron chi connectivity index (χ2n) is 8.89. The van der Waals surface area contributed by atoms with Crippen LogP contribution in [0, 0.1) is 11.6 Å². The van der Waals surface area contributed by atoms with Gasteiger partial charge in [0.1, 0.15) is 23.4 Å². The summed E-state index contributed by atoms with van der Waals surface area (Å²) in [6, 6.07) is 15.1. The highest BCUT2D eigenvalue weighted by molar-refractivity contribution is 6.30. The summed E-state index contributed by atoms with van der Waals surface area (Å²) < 4.78 is 37.4. The first-order chi connectivity index (χ1) is 18.9. The highest BCUT2D eigenvalue weighted by atomic mass is 35.5. The zero-order valence-corrected chi connectivity index (χ0v) is 21.6. The van der Waals surface area contributed by atoms with Gasteiger partial charge in [0.2, 0.25) is 5.95 Å². The van der Waals surface area contributed by atoms with E-state index in [0.29, 0.717) is 38.4 Å². The third-order valence-corrected chi connectivity index (χ3v) is 6.77. The number of para-hydroxylation sites is 1. The third-order valence-electron chi connectivity index (χ3n) is 6.52. The molecule has 196 valence electrons. The van der Waals surface area contributed by atoms with Crippen molar-refractivity contribution < 1.29 is 13.5 Å². The molecule has 6 rings (SSSR count). The molecule has 0 aliphatic heterocycles. The molecule has 11 heteroatoms.